The molecule has 5 rings (SSSR count). The van der Waals surface area contributed by atoms with Crippen LogP contribution in [0.5, 0.6) is 0 Å². The van der Waals surface area contributed by atoms with Crippen molar-refractivity contribution < 1.29 is 10.0 Å². The molecule has 0 saturated heterocycles. The Morgan fingerprint density at radius 1 is 1.00 bits per heavy atom. The van der Waals surface area contributed by atoms with E-state index in [0.29, 0.717) is 35.2 Å². The molecule has 13 heteroatoms. The first-order valence-corrected chi connectivity index (χ1v) is 13.0. The van der Waals surface area contributed by atoms with Crippen LogP contribution in [0.15, 0.2) is 78.0 Å². The van der Waals surface area contributed by atoms with Crippen LogP contribution in [0.1, 0.15) is 35.2 Å². The highest BCUT2D eigenvalue weighted by Crippen LogP contribution is 2.22. The van der Waals surface area contributed by atoms with Crippen molar-refractivity contribution in [2.75, 3.05) is 16.8 Å². The topological polar surface area (TPSA) is 187 Å². The van der Waals surface area contributed by atoms with Crippen LogP contribution < -0.4 is 27.8 Å². The predicted octanol–water partition coefficient (Wildman–Crippen LogP) is 3.76. The highest BCUT2D eigenvalue weighted by Gasteiger charge is 2.15. The van der Waals surface area contributed by atoms with E-state index in [-0.39, 0.29) is 27.8 Å². The number of amides is 1. The number of pyridine rings is 1. The van der Waals surface area contributed by atoms with Gasteiger partial charge in [-0.2, -0.15) is 0 Å². The number of para-hydroxylation sites is 1. The van der Waals surface area contributed by atoms with E-state index in [0.717, 1.165) is 17.9 Å². The molecule has 0 bridgehead atoms. The van der Waals surface area contributed by atoms with E-state index in [1.54, 1.807) is 22.2 Å². The smallest absolute Gasteiger partial charge is 0.276 e. The van der Waals surface area contributed by atoms with E-state index in [2.05, 4.69) is 27.2 Å². The summed E-state index contributed by atoms with van der Waals surface area (Å²) in [6.07, 6.45) is 4.21. The molecule has 7 N–H and O–H groups in total. The molecule has 2 aromatic carbocycles. The first-order chi connectivity index (χ1) is 19.8. The maximum Gasteiger partial charge on any atom is 0.276 e. The van der Waals surface area contributed by atoms with Gasteiger partial charge < -0.3 is 16.8 Å². The van der Waals surface area contributed by atoms with Gasteiger partial charge in [0.2, 0.25) is 0 Å². The minimum atomic E-state index is -0.624. The molecule has 0 aliphatic heterocycles. The SMILES string of the molecule is CCCc1nc2cccc(NCc3ccc(C(=O)NO)cn3)c2c(=O)n1-c1ccccc1.Nc1ncnc(N)c1Cl. The van der Waals surface area contributed by atoms with Crippen LogP contribution in [-0.2, 0) is 13.0 Å². The molecule has 3 aromatic heterocycles. The number of carbonyl (C=O) groups is 1. The number of hydrogen-bond donors (Lipinski definition) is 5. The Labute approximate surface area is 240 Å². The van der Waals surface area contributed by atoms with Crippen molar-refractivity contribution in [1.82, 2.24) is 30.0 Å². The zero-order valence-corrected chi connectivity index (χ0v) is 22.8. The van der Waals surface area contributed by atoms with E-state index >= 15 is 0 Å². The molecular formula is C28H28ClN9O3. The summed E-state index contributed by atoms with van der Waals surface area (Å²) in [6.45, 7) is 2.41. The number of hydrogen-bond acceptors (Lipinski definition) is 10. The number of nitrogens with one attached hydrogen (secondary N) is 2. The molecule has 0 radical (unpaired) electrons. The monoisotopic (exact) mass is 573 g/mol. The Balaban J connectivity index is 0.000000367. The molecule has 3 heterocycles. The number of aryl methyl sites for hydroxylation is 1. The quantitative estimate of drug-likeness (QED) is 0.142. The summed E-state index contributed by atoms with van der Waals surface area (Å²) in [6, 6.07) is 18.3. The van der Waals surface area contributed by atoms with E-state index in [1.165, 1.54) is 12.5 Å². The largest absolute Gasteiger partial charge is 0.382 e. The number of fused-ring (bicyclic) bond motifs is 1. The number of nitrogens with zero attached hydrogens (tertiary/aromatic N) is 5. The Bertz CT molecular complexity index is 1690. The fraction of sp³-hybridized carbons (Fsp3) is 0.143. The average molecular weight is 574 g/mol. The third-order valence-electron chi connectivity index (χ3n) is 5.95. The lowest BCUT2D eigenvalue weighted by Crippen LogP contribution is -2.24. The van der Waals surface area contributed by atoms with Gasteiger partial charge in [-0.25, -0.2) is 20.4 Å². The molecule has 0 fully saturated rings. The fourth-order valence-corrected chi connectivity index (χ4v) is 4.07. The lowest BCUT2D eigenvalue weighted by molar-refractivity contribution is 0.0706. The number of benzene rings is 2. The highest BCUT2D eigenvalue weighted by atomic mass is 35.5. The van der Waals surface area contributed by atoms with Gasteiger partial charge in [0.1, 0.15) is 28.8 Å². The third-order valence-corrected chi connectivity index (χ3v) is 6.33. The van der Waals surface area contributed by atoms with Gasteiger partial charge in [-0.15, -0.1) is 0 Å². The summed E-state index contributed by atoms with van der Waals surface area (Å²) in [7, 11) is 0. The lowest BCUT2D eigenvalue weighted by Gasteiger charge is -2.15. The van der Waals surface area contributed by atoms with Crippen LogP contribution in [0.2, 0.25) is 5.02 Å². The number of rotatable bonds is 7. The van der Waals surface area contributed by atoms with Crippen LogP contribution in [0, 0.1) is 0 Å². The number of nitrogens with two attached hydrogens (primary N) is 2. The lowest BCUT2D eigenvalue weighted by atomic mass is 10.1. The second-order valence-corrected chi connectivity index (χ2v) is 9.12. The van der Waals surface area contributed by atoms with Crippen molar-refractivity contribution in [3.63, 3.8) is 0 Å². The minimum absolute atomic E-state index is 0.129. The fourth-order valence-electron chi connectivity index (χ4n) is 3.97. The summed E-state index contributed by atoms with van der Waals surface area (Å²) in [4.78, 5) is 41.3. The molecule has 12 nitrogen and oxygen atoms in total. The standard InChI is InChI=1S/C24H23N5O3.C4H5ClN4/c1-2-7-21-27-20-11-6-10-19(22(20)24(31)29(21)18-8-4-3-5-9-18)26-15-17-13-12-16(14-25-17)23(30)28-32;5-2-3(6)8-1-9-4(2)7/h3-6,8-14,26,32H,2,7,15H2,1H3,(H,28,30);1H,(H4,6,7,8,9). The maximum absolute atomic E-state index is 13.6. The molecule has 0 aliphatic rings. The number of hydroxylamine groups is 1. The Hall–Kier alpha value is -5.07. The Morgan fingerprint density at radius 2 is 1.73 bits per heavy atom. The molecule has 1 amide bonds. The van der Waals surface area contributed by atoms with Crippen LogP contribution in [0.25, 0.3) is 16.6 Å². The van der Waals surface area contributed by atoms with Crippen molar-refractivity contribution in [2.24, 2.45) is 0 Å². The molecular weight excluding hydrogens is 546 g/mol. The highest BCUT2D eigenvalue weighted by molar-refractivity contribution is 6.34. The molecule has 0 unspecified atom stereocenters. The van der Waals surface area contributed by atoms with E-state index < -0.39 is 5.91 Å². The number of carbonyl (C=O) groups excluding carboxylic acids is 1. The van der Waals surface area contributed by atoms with E-state index in [1.807, 2.05) is 48.5 Å². The van der Waals surface area contributed by atoms with Crippen LogP contribution in [-0.4, -0.2) is 35.6 Å². The molecule has 0 spiro atoms. The zero-order chi connectivity index (χ0) is 29.4. The van der Waals surface area contributed by atoms with Crippen LogP contribution in [0.3, 0.4) is 0 Å². The first-order valence-electron chi connectivity index (χ1n) is 12.6. The van der Waals surface area contributed by atoms with Crippen molar-refractivity contribution in [1.29, 1.82) is 0 Å². The van der Waals surface area contributed by atoms with Gasteiger partial charge in [0.05, 0.1) is 34.4 Å². The van der Waals surface area contributed by atoms with Crippen LogP contribution >= 0.6 is 11.6 Å². The number of nitrogen functional groups attached to an aromatic ring is 2. The van der Waals surface area contributed by atoms with Crippen molar-refractivity contribution in [2.45, 2.75) is 26.3 Å². The van der Waals surface area contributed by atoms with Gasteiger partial charge in [0.15, 0.2) is 0 Å². The Morgan fingerprint density at radius 3 is 2.34 bits per heavy atom. The van der Waals surface area contributed by atoms with Crippen LogP contribution in [0.4, 0.5) is 17.3 Å². The maximum atomic E-state index is 13.6. The minimum Gasteiger partial charge on any atom is -0.382 e. The number of anilines is 3. The third kappa shape index (κ3) is 6.75. The molecule has 5 aromatic rings. The first kappa shape index (κ1) is 28.9. The van der Waals surface area contributed by atoms with E-state index in [4.69, 9.17) is 33.3 Å². The Kier molecular flexibility index (Phi) is 9.40. The number of halogens is 1. The summed E-state index contributed by atoms with van der Waals surface area (Å²) >= 11 is 5.50. The van der Waals surface area contributed by atoms with Gasteiger partial charge >= 0.3 is 0 Å². The van der Waals surface area contributed by atoms with Gasteiger partial charge in [-0.1, -0.05) is 42.8 Å². The predicted molar refractivity (Wildman–Crippen MR) is 158 cm³/mol. The zero-order valence-electron chi connectivity index (χ0n) is 22.1. The summed E-state index contributed by atoms with van der Waals surface area (Å²) in [5.41, 5.74) is 15.0. The van der Waals surface area contributed by atoms with Gasteiger partial charge in [-0.05, 0) is 42.8 Å². The summed E-state index contributed by atoms with van der Waals surface area (Å²) in [5.74, 6) is 0.530. The van der Waals surface area contributed by atoms with Crippen molar-refractivity contribution in [3.8, 4) is 5.69 Å². The summed E-state index contributed by atoms with van der Waals surface area (Å²) < 4.78 is 1.68. The van der Waals surface area contributed by atoms with Crippen molar-refractivity contribution >= 4 is 45.7 Å². The second kappa shape index (κ2) is 13.3. The summed E-state index contributed by atoms with van der Waals surface area (Å²) in [5, 5.41) is 12.7. The average Bonchev–Trinajstić information content (AvgIpc) is 2.99. The molecule has 0 aliphatic carbocycles. The van der Waals surface area contributed by atoms with Crippen molar-refractivity contribution in [3.05, 3.63) is 106 Å². The van der Waals surface area contributed by atoms with E-state index in [9.17, 15) is 9.59 Å². The molecule has 0 saturated carbocycles. The van der Waals surface area contributed by atoms with Gasteiger partial charge in [0, 0.05) is 18.3 Å². The molecule has 210 valence electrons. The molecule has 41 heavy (non-hydrogen) atoms. The second-order valence-electron chi connectivity index (χ2n) is 8.74. The molecule has 0 atom stereocenters. The van der Waals surface area contributed by atoms with Gasteiger partial charge in [0.25, 0.3) is 11.5 Å². The normalized spacial score (nSPS) is 10.5. The van der Waals surface area contributed by atoms with Gasteiger partial charge in [-0.3, -0.25) is 24.3 Å². The number of aromatic nitrogens is 5.